The van der Waals surface area contributed by atoms with Gasteiger partial charge in [-0.25, -0.2) is 0 Å². The first-order valence-corrected chi connectivity index (χ1v) is 10.2. The maximum absolute atomic E-state index is 13.2. The molecule has 3 amide bonds. The zero-order valence-electron chi connectivity index (χ0n) is 16.3. The quantitative estimate of drug-likeness (QED) is 0.756. The van der Waals surface area contributed by atoms with Gasteiger partial charge in [0.05, 0.1) is 0 Å². The standard InChI is InChI=1S/C21H28N4O3/c1-2-13-10-24(9-8-16(13)22)11-14-4-3-5-15-12-25(21(28)19(14)15)17-6-7-18(26)23-20(17)27/h3-5,13,16-17H,2,6-12,22H2,1H3,(H,23,26,27). The SMILES string of the molecule is CCC1CN(Cc2cccc3c2C(=O)N(C2CCC(=O)NC2=O)C3)CCC1N. The van der Waals surface area contributed by atoms with Crippen molar-refractivity contribution in [3.8, 4) is 0 Å². The Morgan fingerprint density at radius 1 is 1.21 bits per heavy atom. The number of nitrogens with one attached hydrogen (secondary N) is 1. The third kappa shape index (κ3) is 3.44. The molecule has 2 fully saturated rings. The average Bonchev–Trinajstić information content (AvgIpc) is 3.01. The number of carbonyl (C=O) groups is 3. The van der Waals surface area contributed by atoms with E-state index in [9.17, 15) is 14.4 Å². The van der Waals surface area contributed by atoms with Crippen molar-refractivity contribution >= 4 is 17.7 Å². The lowest BCUT2D eigenvalue weighted by Crippen LogP contribution is -2.52. The third-order valence-electron chi connectivity index (χ3n) is 6.43. The van der Waals surface area contributed by atoms with Gasteiger partial charge < -0.3 is 10.6 Å². The van der Waals surface area contributed by atoms with Crippen LogP contribution >= 0.6 is 0 Å². The summed E-state index contributed by atoms with van der Waals surface area (Å²) in [7, 11) is 0. The number of carbonyl (C=O) groups excluding carboxylic acids is 3. The summed E-state index contributed by atoms with van der Waals surface area (Å²) in [5.41, 5.74) is 8.95. The predicted octanol–water partition coefficient (Wildman–Crippen LogP) is 1.01. The van der Waals surface area contributed by atoms with Crippen LogP contribution in [0.1, 0.15) is 54.1 Å². The van der Waals surface area contributed by atoms with Crippen LogP contribution in [0.25, 0.3) is 0 Å². The molecule has 1 aromatic rings. The Morgan fingerprint density at radius 2 is 2.04 bits per heavy atom. The van der Waals surface area contributed by atoms with E-state index in [1.54, 1.807) is 4.90 Å². The fourth-order valence-electron chi connectivity index (χ4n) is 4.76. The van der Waals surface area contributed by atoms with E-state index < -0.39 is 6.04 Å². The molecule has 1 aromatic carbocycles. The smallest absolute Gasteiger partial charge is 0.255 e. The molecular weight excluding hydrogens is 356 g/mol. The Kier molecular flexibility index (Phi) is 5.21. The summed E-state index contributed by atoms with van der Waals surface area (Å²) >= 11 is 0. The molecule has 0 radical (unpaired) electrons. The van der Waals surface area contributed by atoms with E-state index in [0.717, 1.165) is 49.2 Å². The van der Waals surface area contributed by atoms with Crippen LogP contribution < -0.4 is 11.1 Å². The van der Waals surface area contributed by atoms with Gasteiger partial charge in [-0.15, -0.1) is 0 Å². The molecule has 0 aliphatic carbocycles. The number of benzene rings is 1. The van der Waals surface area contributed by atoms with Gasteiger partial charge in [0, 0.05) is 37.7 Å². The lowest BCUT2D eigenvalue weighted by molar-refractivity contribution is -0.136. The minimum absolute atomic E-state index is 0.0964. The summed E-state index contributed by atoms with van der Waals surface area (Å²) in [5, 5.41) is 2.36. The monoisotopic (exact) mass is 384 g/mol. The largest absolute Gasteiger partial charge is 0.327 e. The molecule has 7 nitrogen and oxygen atoms in total. The predicted molar refractivity (Wildman–Crippen MR) is 104 cm³/mol. The van der Waals surface area contributed by atoms with Gasteiger partial charge >= 0.3 is 0 Å². The Labute approximate surface area is 165 Å². The summed E-state index contributed by atoms with van der Waals surface area (Å²) in [6.07, 6.45) is 2.70. The molecule has 3 atom stereocenters. The average molecular weight is 384 g/mol. The van der Waals surface area contributed by atoms with Crippen LogP contribution in [-0.4, -0.2) is 52.7 Å². The first-order chi connectivity index (χ1) is 13.5. The van der Waals surface area contributed by atoms with Crippen molar-refractivity contribution in [2.24, 2.45) is 11.7 Å². The molecule has 3 aliphatic heterocycles. The van der Waals surface area contributed by atoms with Gasteiger partial charge in [0.1, 0.15) is 6.04 Å². The lowest BCUT2D eigenvalue weighted by atomic mass is 9.90. The molecule has 150 valence electrons. The third-order valence-corrected chi connectivity index (χ3v) is 6.43. The molecule has 28 heavy (non-hydrogen) atoms. The van der Waals surface area contributed by atoms with Crippen molar-refractivity contribution < 1.29 is 14.4 Å². The number of nitrogens with zero attached hydrogens (tertiary/aromatic N) is 2. The molecule has 3 aliphatic rings. The van der Waals surface area contributed by atoms with Gasteiger partial charge in [-0.3, -0.25) is 24.6 Å². The highest BCUT2D eigenvalue weighted by Crippen LogP contribution is 2.31. The Morgan fingerprint density at radius 3 is 2.79 bits per heavy atom. The van der Waals surface area contributed by atoms with Crippen molar-refractivity contribution in [3.63, 3.8) is 0 Å². The van der Waals surface area contributed by atoms with E-state index >= 15 is 0 Å². The Hall–Kier alpha value is -2.25. The van der Waals surface area contributed by atoms with Crippen LogP contribution in [0.3, 0.4) is 0 Å². The maximum Gasteiger partial charge on any atom is 0.255 e. The van der Waals surface area contributed by atoms with E-state index in [4.69, 9.17) is 5.73 Å². The van der Waals surface area contributed by atoms with Crippen molar-refractivity contribution in [1.82, 2.24) is 15.1 Å². The number of hydrogen-bond acceptors (Lipinski definition) is 5. The van der Waals surface area contributed by atoms with Gasteiger partial charge in [-0.2, -0.15) is 0 Å². The number of hydrogen-bond donors (Lipinski definition) is 2. The van der Waals surface area contributed by atoms with Gasteiger partial charge in [-0.1, -0.05) is 31.5 Å². The number of nitrogens with two attached hydrogens (primary N) is 1. The fourth-order valence-corrected chi connectivity index (χ4v) is 4.76. The number of likely N-dealkylation sites (tertiary alicyclic amines) is 1. The molecule has 4 rings (SSSR count). The highest BCUT2D eigenvalue weighted by atomic mass is 16.2. The van der Waals surface area contributed by atoms with E-state index in [1.165, 1.54) is 0 Å². The highest BCUT2D eigenvalue weighted by Gasteiger charge is 2.40. The van der Waals surface area contributed by atoms with E-state index in [2.05, 4.69) is 17.1 Å². The first kappa shape index (κ1) is 19.1. The molecule has 7 heteroatoms. The van der Waals surface area contributed by atoms with Gasteiger partial charge in [0.2, 0.25) is 11.8 Å². The van der Waals surface area contributed by atoms with Crippen LogP contribution in [0, 0.1) is 5.92 Å². The fraction of sp³-hybridized carbons (Fsp3) is 0.571. The molecule has 2 saturated heterocycles. The summed E-state index contributed by atoms with van der Waals surface area (Å²) < 4.78 is 0. The van der Waals surface area contributed by atoms with Gasteiger partial charge in [0.25, 0.3) is 5.91 Å². The Bertz CT molecular complexity index is 809. The first-order valence-electron chi connectivity index (χ1n) is 10.2. The van der Waals surface area contributed by atoms with Crippen LogP contribution in [0.2, 0.25) is 0 Å². The molecule has 0 saturated carbocycles. The number of amides is 3. The van der Waals surface area contributed by atoms with Crippen LogP contribution in [0.15, 0.2) is 18.2 Å². The second kappa shape index (κ2) is 7.64. The number of piperidine rings is 2. The van der Waals surface area contributed by atoms with Gasteiger partial charge in [0.15, 0.2) is 0 Å². The van der Waals surface area contributed by atoms with Crippen LogP contribution in [-0.2, 0) is 22.7 Å². The summed E-state index contributed by atoms with van der Waals surface area (Å²) in [6, 6.07) is 5.65. The zero-order chi connectivity index (χ0) is 19.8. The molecule has 3 N–H and O–H groups in total. The number of imide groups is 1. The molecule has 0 aromatic heterocycles. The van der Waals surface area contributed by atoms with Crippen LogP contribution in [0.5, 0.6) is 0 Å². The molecule has 3 unspecified atom stereocenters. The van der Waals surface area contributed by atoms with E-state index in [0.29, 0.717) is 18.9 Å². The molecule has 3 heterocycles. The summed E-state index contributed by atoms with van der Waals surface area (Å²) in [6.45, 7) is 5.21. The second-order valence-electron chi connectivity index (χ2n) is 8.21. The highest BCUT2D eigenvalue weighted by molar-refractivity contribution is 6.05. The number of fused-ring (bicyclic) bond motifs is 1. The van der Waals surface area contributed by atoms with E-state index in [1.807, 2.05) is 18.2 Å². The minimum Gasteiger partial charge on any atom is -0.327 e. The molecular formula is C21H28N4O3. The van der Waals surface area contributed by atoms with Crippen molar-refractivity contribution in [2.75, 3.05) is 13.1 Å². The molecule has 0 bridgehead atoms. The van der Waals surface area contributed by atoms with Crippen LogP contribution in [0.4, 0.5) is 0 Å². The van der Waals surface area contributed by atoms with Crippen molar-refractivity contribution in [2.45, 2.75) is 57.8 Å². The summed E-state index contributed by atoms with van der Waals surface area (Å²) in [4.78, 5) is 40.9. The maximum atomic E-state index is 13.2. The van der Waals surface area contributed by atoms with E-state index in [-0.39, 0.29) is 30.2 Å². The summed E-state index contributed by atoms with van der Waals surface area (Å²) in [5.74, 6) is -0.239. The molecule has 0 spiro atoms. The lowest BCUT2D eigenvalue weighted by Gasteiger charge is -2.36. The van der Waals surface area contributed by atoms with Crippen molar-refractivity contribution in [1.29, 1.82) is 0 Å². The normalized spacial score (nSPS) is 28.4. The van der Waals surface area contributed by atoms with Gasteiger partial charge in [-0.05, 0) is 36.4 Å². The minimum atomic E-state index is -0.567. The zero-order valence-corrected chi connectivity index (χ0v) is 16.3. The second-order valence-corrected chi connectivity index (χ2v) is 8.21. The Balaban J connectivity index is 1.52. The topological polar surface area (TPSA) is 95.7 Å². The van der Waals surface area contributed by atoms with Crippen molar-refractivity contribution in [3.05, 3.63) is 34.9 Å². The number of rotatable bonds is 4.